The van der Waals surface area contributed by atoms with Crippen LogP contribution in [0.5, 0.6) is 0 Å². The van der Waals surface area contributed by atoms with E-state index < -0.39 is 11.2 Å². The van der Waals surface area contributed by atoms with E-state index >= 15 is 0 Å². The zero-order valence-corrected chi connectivity index (χ0v) is 21.5. The van der Waals surface area contributed by atoms with Gasteiger partial charge in [0.2, 0.25) is 5.91 Å². The lowest BCUT2D eigenvalue weighted by atomic mass is 9.96. The van der Waals surface area contributed by atoms with E-state index in [2.05, 4.69) is 38.0 Å². The number of nitrogen functional groups attached to an aromatic ring is 1. The fourth-order valence-corrected chi connectivity index (χ4v) is 4.18. The summed E-state index contributed by atoms with van der Waals surface area (Å²) in [5.74, 6) is 0.342. The van der Waals surface area contributed by atoms with Crippen LogP contribution < -0.4 is 27.2 Å². The van der Waals surface area contributed by atoms with Crippen molar-refractivity contribution in [1.29, 1.82) is 0 Å². The van der Waals surface area contributed by atoms with Crippen LogP contribution in [0.2, 0.25) is 0 Å². The van der Waals surface area contributed by atoms with E-state index in [9.17, 15) is 14.4 Å². The molecule has 1 amide bonds. The van der Waals surface area contributed by atoms with Crippen LogP contribution in [0.1, 0.15) is 51.3 Å². The number of nitrogens with one attached hydrogen (secondary N) is 2. The van der Waals surface area contributed by atoms with Crippen molar-refractivity contribution in [3.63, 3.8) is 0 Å². The second-order valence-corrected chi connectivity index (χ2v) is 9.87. The monoisotopic (exact) mass is 491 g/mol. The number of nitrogens with two attached hydrogens (primary N) is 1. The van der Waals surface area contributed by atoms with Gasteiger partial charge < -0.3 is 16.0 Å². The van der Waals surface area contributed by atoms with E-state index in [4.69, 9.17) is 5.73 Å². The lowest BCUT2D eigenvalue weighted by molar-refractivity contribution is -0.120. The number of carbonyl (C=O) groups excluding carboxylic acids is 1. The van der Waals surface area contributed by atoms with Gasteiger partial charge >= 0.3 is 5.69 Å². The quantitative estimate of drug-likeness (QED) is 0.380. The number of rotatable bonds is 11. The third-order valence-corrected chi connectivity index (χ3v) is 6.17. The Balaban J connectivity index is 1.93. The average molecular weight is 492 g/mol. The van der Waals surface area contributed by atoms with Gasteiger partial charge in [0.05, 0.1) is 19.1 Å². The Labute approximate surface area is 212 Å². The van der Waals surface area contributed by atoms with Crippen LogP contribution in [-0.2, 0) is 11.3 Å². The van der Waals surface area contributed by atoms with Crippen molar-refractivity contribution in [1.82, 2.24) is 14.9 Å². The molecular formula is C28H37N5O3. The molecule has 1 heterocycles. The molecule has 8 heteroatoms. The Bertz CT molecular complexity index is 1250. The summed E-state index contributed by atoms with van der Waals surface area (Å²) in [7, 11) is 0. The van der Waals surface area contributed by atoms with Crippen molar-refractivity contribution in [2.45, 2.75) is 46.7 Å². The lowest BCUT2D eigenvalue weighted by Gasteiger charge is -2.28. The van der Waals surface area contributed by atoms with E-state index in [0.717, 1.165) is 17.5 Å². The molecule has 0 saturated carbocycles. The number of anilines is 2. The number of nitrogens with zero attached hydrogens (tertiary/aromatic N) is 2. The molecule has 1 unspecified atom stereocenters. The lowest BCUT2D eigenvalue weighted by Crippen LogP contribution is -2.45. The Morgan fingerprint density at radius 3 is 2.19 bits per heavy atom. The van der Waals surface area contributed by atoms with Gasteiger partial charge in [-0.05, 0) is 29.4 Å². The van der Waals surface area contributed by atoms with Crippen LogP contribution in [0.4, 0.5) is 11.5 Å². The minimum Gasteiger partial charge on any atom is -0.383 e. The Morgan fingerprint density at radius 2 is 1.61 bits per heavy atom. The first kappa shape index (κ1) is 26.8. The SMILES string of the molecule is CC(C)CCN(CC(=O)NC(c1ccccc1)C(C)C)c1c(N)n(Cc2ccccc2)c(=O)[nH]c1=O. The normalized spacial score (nSPS) is 12.1. The van der Waals surface area contributed by atoms with Gasteiger partial charge in [0.25, 0.3) is 5.56 Å². The highest BCUT2D eigenvalue weighted by atomic mass is 16.2. The fourth-order valence-electron chi connectivity index (χ4n) is 4.18. The van der Waals surface area contributed by atoms with Crippen LogP contribution in [0.15, 0.2) is 70.3 Å². The van der Waals surface area contributed by atoms with Crippen molar-refractivity contribution in [2.24, 2.45) is 11.8 Å². The number of aromatic nitrogens is 2. The van der Waals surface area contributed by atoms with Gasteiger partial charge in [-0.2, -0.15) is 0 Å². The van der Waals surface area contributed by atoms with Gasteiger partial charge in [0.1, 0.15) is 11.5 Å². The third-order valence-electron chi connectivity index (χ3n) is 6.17. The van der Waals surface area contributed by atoms with E-state index in [-0.39, 0.29) is 42.5 Å². The summed E-state index contributed by atoms with van der Waals surface area (Å²) in [6, 6.07) is 19.0. The van der Waals surface area contributed by atoms with Crippen molar-refractivity contribution in [2.75, 3.05) is 23.7 Å². The number of H-pyrrole nitrogens is 1. The van der Waals surface area contributed by atoms with Crippen molar-refractivity contribution >= 4 is 17.4 Å². The Morgan fingerprint density at radius 1 is 1.00 bits per heavy atom. The van der Waals surface area contributed by atoms with Crippen LogP contribution in [0, 0.1) is 11.8 Å². The fraction of sp³-hybridized carbons (Fsp3) is 0.393. The first-order valence-corrected chi connectivity index (χ1v) is 12.4. The molecular weight excluding hydrogens is 454 g/mol. The van der Waals surface area contributed by atoms with E-state index in [1.807, 2.05) is 60.7 Å². The molecule has 8 nitrogen and oxygen atoms in total. The number of amides is 1. The molecule has 0 radical (unpaired) electrons. The zero-order valence-electron chi connectivity index (χ0n) is 21.5. The molecule has 0 saturated heterocycles. The molecule has 0 fully saturated rings. The molecule has 0 aliphatic carbocycles. The molecule has 4 N–H and O–H groups in total. The number of hydrogen-bond donors (Lipinski definition) is 3. The van der Waals surface area contributed by atoms with E-state index in [1.54, 1.807) is 4.90 Å². The minimum absolute atomic E-state index is 0.0487. The molecule has 36 heavy (non-hydrogen) atoms. The maximum absolute atomic E-state index is 13.3. The number of aromatic amines is 1. The highest BCUT2D eigenvalue weighted by Crippen LogP contribution is 2.22. The largest absolute Gasteiger partial charge is 0.383 e. The topological polar surface area (TPSA) is 113 Å². The Kier molecular flexibility index (Phi) is 9.11. The smallest absolute Gasteiger partial charge is 0.330 e. The predicted octanol–water partition coefficient (Wildman–Crippen LogP) is 3.53. The molecule has 192 valence electrons. The van der Waals surface area contributed by atoms with Crippen LogP contribution in [0.25, 0.3) is 0 Å². The maximum atomic E-state index is 13.3. The second-order valence-electron chi connectivity index (χ2n) is 9.87. The maximum Gasteiger partial charge on any atom is 0.330 e. The summed E-state index contributed by atoms with van der Waals surface area (Å²) in [4.78, 5) is 42.9. The van der Waals surface area contributed by atoms with Crippen molar-refractivity contribution in [3.05, 3.63) is 92.6 Å². The van der Waals surface area contributed by atoms with E-state index in [0.29, 0.717) is 12.5 Å². The number of hydrogen-bond acceptors (Lipinski definition) is 5. The highest BCUT2D eigenvalue weighted by molar-refractivity contribution is 5.83. The summed E-state index contributed by atoms with van der Waals surface area (Å²) < 4.78 is 1.34. The van der Waals surface area contributed by atoms with Crippen LogP contribution >= 0.6 is 0 Å². The summed E-state index contributed by atoms with van der Waals surface area (Å²) in [5.41, 5.74) is 7.28. The van der Waals surface area contributed by atoms with Gasteiger partial charge in [0, 0.05) is 6.54 Å². The summed E-state index contributed by atoms with van der Waals surface area (Å²) in [6.07, 6.45) is 0.746. The Hall–Kier alpha value is -3.81. The van der Waals surface area contributed by atoms with Gasteiger partial charge in [0.15, 0.2) is 0 Å². The first-order chi connectivity index (χ1) is 17.2. The second kappa shape index (κ2) is 12.2. The minimum atomic E-state index is -0.596. The van der Waals surface area contributed by atoms with Crippen LogP contribution in [-0.4, -0.2) is 28.5 Å². The molecule has 0 aliphatic heterocycles. The highest BCUT2D eigenvalue weighted by Gasteiger charge is 2.24. The molecule has 1 atom stereocenters. The molecule has 0 bridgehead atoms. The zero-order chi connectivity index (χ0) is 26.2. The van der Waals surface area contributed by atoms with Gasteiger partial charge in [-0.25, -0.2) is 4.79 Å². The van der Waals surface area contributed by atoms with Crippen molar-refractivity contribution in [3.8, 4) is 0 Å². The molecule has 2 aromatic carbocycles. The van der Waals surface area contributed by atoms with Gasteiger partial charge in [-0.1, -0.05) is 88.4 Å². The predicted molar refractivity (Wildman–Crippen MR) is 145 cm³/mol. The third kappa shape index (κ3) is 6.87. The molecule has 0 spiro atoms. The number of carbonyl (C=O) groups is 1. The van der Waals surface area contributed by atoms with Crippen LogP contribution in [0.3, 0.4) is 0 Å². The number of benzene rings is 2. The van der Waals surface area contributed by atoms with Gasteiger partial charge in [-0.3, -0.25) is 19.1 Å². The summed E-state index contributed by atoms with van der Waals surface area (Å²) >= 11 is 0. The summed E-state index contributed by atoms with van der Waals surface area (Å²) in [5, 5.41) is 3.12. The first-order valence-electron chi connectivity index (χ1n) is 12.4. The van der Waals surface area contributed by atoms with Gasteiger partial charge in [-0.15, -0.1) is 0 Å². The standard InChI is InChI=1S/C28H37N5O3/c1-19(2)15-16-32(18-23(34)30-24(20(3)4)22-13-9-6-10-14-22)25-26(29)33(28(36)31-27(25)35)17-21-11-7-5-8-12-21/h5-14,19-20,24H,15-18,29H2,1-4H3,(H,30,34)(H,31,35,36). The van der Waals surface area contributed by atoms with Crippen molar-refractivity contribution < 1.29 is 4.79 Å². The molecule has 1 aromatic heterocycles. The average Bonchev–Trinajstić information content (AvgIpc) is 2.84. The molecule has 3 aromatic rings. The molecule has 3 rings (SSSR count). The van der Waals surface area contributed by atoms with E-state index in [1.165, 1.54) is 4.57 Å². The molecule has 0 aliphatic rings. The summed E-state index contributed by atoms with van der Waals surface area (Å²) in [6.45, 7) is 8.86.